The maximum Gasteiger partial charge on any atom is 0.416 e. The van der Waals surface area contributed by atoms with E-state index in [9.17, 15) is 23.3 Å². The minimum absolute atomic E-state index is 0.122. The zero-order valence-electron chi connectivity index (χ0n) is 17.1. The number of nitro benzene ring substituents is 1. The molecule has 0 heterocycles. The Hall–Kier alpha value is -2.86. The van der Waals surface area contributed by atoms with Crippen LogP contribution in [0.3, 0.4) is 0 Å². The highest BCUT2D eigenvalue weighted by Gasteiger charge is 2.33. The number of rotatable bonds is 6. The van der Waals surface area contributed by atoms with Gasteiger partial charge in [0.05, 0.1) is 26.9 Å². The van der Waals surface area contributed by atoms with E-state index in [2.05, 4.69) is 4.99 Å². The van der Waals surface area contributed by atoms with E-state index in [1.165, 1.54) is 7.11 Å². The van der Waals surface area contributed by atoms with Gasteiger partial charge in [0.25, 0.3) is 0 Å². The van der Waals surface area contributed by atoms with Crippen molar-refractivity contribution in [2.75, 3.05) is 7.11 Å². The van der Waals surface area contributed by atoms with Crippen LogP contribution >= 0.6 is 34.2 Å². The summed E-state index contributed by atoms with van der Waals surface area (Å²) in [7, 11) is 1.38. The highest BCUT2D eigenvalue weighted by molar-refractivity contribution is 14.1. The molecule has 0 N–H and O–H groups in total. The van der Waals surface area contributed by atoms with Crippen molar-refractivity contribution < 1.29 is 27.6 Å². The SMILES string of the molecule is COc1cc(C=Nc2ccc(C)c(Cl)c2)cc(I)c1Oc1ccc(C(F)(F)F)cc1[N+](=O)[O-]. The van der Waals surface area contributed by atoms with Crippen molar-refractivity contribution in [2.24, 2.45) is 4.99 Å². The first kappa shape index (κ1) is 24.8. The number of aryl methyl sites for hydroxylation is 1. The average Bonchev–Trinajstić information content (AvgIpc) is 2.75. The summed E-state index contributed by atoms with van der Waals surface area (Å²) in [6, 6.07) is 10.7. The molecule has 0 amide bonds. The zero-order valence-corrected chi connectivity index (χ0v) is 20.0. The summed E-state index contributed by atoms with van der Waals surface area (Å²) < 4.78 is 50.3. The minimum atomic E-state index is -4.72. The number of ether oxygens (including phenoxy) is 2. The van der Waals surface area contributed by atoms with E-state index in [4.69, 9.17) is 21.1 Å². The van der Waals surface area contributed by atoms with E-state index in [0.717, 1.165) is 17.7 Å². The number of alkyl halides is 3. The Balaban J connectivity index is 1.96. The lowest BCUT2D eigenvalue weighted by atomic mass is 10.1. The first-order valence-corrected chi connectivity index (χ1v) is 10.7. The number of nitrogens with zero attached hydrogens (tertiary/aromatic N) is 2. The molecule has 0 unspecified atom stereocenters. The van der Waals surface area contributed by atoms with Gasteiger partial charge in [-0.3, -0.25) is 15.1 Å². The number of nitro groups is 1. The number of hydrogen-bond acceptors (Lipinski definition) is 5. The number of aliphatic imine (C=N–C) groups is 1. The largest absolute Gasteiger partial charge is 0.493 e. The Kier molecular flexibility index (Phi) is 7.48. The number of benzene rings is 3. The van der Waals surface area contributed by atoms with Crippen LogP contribution in [-0.4, -0.2) is 18.2 Å². The van der Waals surface area contributed by atoms with Crippen molar-refractivity contribution in [1.29, 1.82) is 0 Å². The first-order valence-electron chi connectivity index (χ1n) is 9.21. The van der Waals surface area contributed by atoms with Gasteiger partial charge in [-0.1, -0.05) is 17.7 Å². The van der Waals surface area contributed by atoms with E-state index < -0.39 is 22.4 Å². The first-order chi connectivity index (χ1) is 15.5. The summed E-state index contributed by atoms with van der Waals surface area (Å²) in [6.07, 6.45) is -3.14. The van der Waals surface area contributed by atoms with Gasteiger partial charge in [-0.05, 0) is 77.0 Å². The minimum Gasteiger partial charge on any atom is -0.493 e. The molecule has 3 aromatic rings. The molecule has 172 valence electrons. The molecular formula is C22H15ClF3IN2O4. The molecule has 0 spiro atoms. The molecule has 0 saturated heterocycles. The summed E-state index contributed by atoms with van der Waals surface area (Å²) >= 11 is 8.05. The Bertz CT molecular complexity index is 1250. The molecule has 0 radical (unpaired) electrons. The third-order valence-corrected chi connectivity index (χ3v) is 5.67. The second-order valence-corrected chi connectivity index (χ2v) is 8.33. The molecule has 11 heteroatoms. The van der Waals surface area contributed by atoms with Crippen LogP contribution in [0.2, 0.25) is 5.02 Å². The Labute approximate surface area is 205 Å². The van der Waals surface area contributed by atoms with Crippen LogP contribution < -0.4 is 9.47 Å². The summed E-state index contributed by atoms with van der Waals surface area (Å²) in [6.45, 7) is 1.88. The van der Waals surface area contributed by atoms with Crippen LogP contribution in [0.5, 0.6) is 17.2 Å². The van der Waals surface area contributed by atoms with Gasteiger partial charge >= 0.3 is 11.9 Å². The number of methoxy groups -OCH3 is 1. The van der Waals surface area contributed by atoms with Crippen molar-refractivity contribution in [2.45, 2.75) is 13.1 Å². The molecule has 3 rings (SSSR count). The third kappa shape index (κ3) is 5.93. The van der Waals surface area contributed by atoms with Crippen molar-refractivity contribution in [3.63, 3.8) is 0 Å². The van der Waals surface area contributed by atoms with Crippen LogP contribution in [0, 0.1) is 20.6 Å². The summed E-state index contributed by atoms with van der Waals surface area (Å²) in [5.41, 5.74) is 0.240. The molecule has 0 aromatic heterocycles. The van der Waals surface area contributed by atoms with Gasteiger partial charge in [0.15, 0.2) is 11.5 Å². The lowest BCUT2D eigenvalue weighted by Gasteiger charge is -2.14. The molecule has 0 fully saturated rings. The maximum atomic E-state index is 12.9. The molecule has 33 heavy (non-hydrogen) atoms. The molecule has 0 aliphatic heterocycles. The quantitative estimate of drug-likeness (QED) is 0.127. The highest BCUT2D eigenvalue weighted by Crippen LogP contribution is 2.42. The standard InChI is InChI=1S/C22H15ClF3IN2O4/c1-12-3-5-15(10-16(12)23)28-11-13-7-17(27)21(20(8-13)32-2)33-19-6-4-14(22(24,25)26)9-18(19)29(30)31/h3-11H,1-2H3. The van der Waals surface area contributed by atoms with Crippen molar-refractivity contribution in [3.8, 4) is 17.2 Å². The average molecular weight is 591 g/mol. The van der Waals surface area contributed by atoms with Gasteiger partial charge in [-0.15, -0.1) is 0 Å². The van der Waals surface area contributed by atoms with Gasteiger partial charge in [0.2, 0.25) is 5.75 Å². The van der Waals surface area contributed by atoms with E-state index in [1.54, 1.807) is 30.5 Å². The van der Waals surface area contributed by atoms with E-state index >= 15 is 0 Å². The summed E-state index contributed by atoms with van der Waals surface area (Å²) in [4.78, 5) is 14.8. The van der Waals surface area contributed by atoms with E-state index in [0.29, 0.717) is 25.9 Å². The fraction of sp³-hybridized carbons (Fsp3) is 0.136. The van der Waals surface area contributed by atoms with Crippen LogP contribution in [0.1, 0.15) is 16.7 Å². The van der Waals surface area contributed by atoms with Crippen LogP contribution in [0.25, 0.3) is 0 Å². The smallest absolute Gasteiger partial charge is 0.416 e. The molecule has 6 nitrogen and oxygen atoms in total. The van der Waals surface area contributed by atoms with Gasteiger partial charge in [0.1, 0.15) is 0 Å². The van der Waals surface area contributed by atoms with Crippen molar-refractivity contribution >= 4 is 51.8 Å². The number of halogens is 5. The molecule has 0 bridgehead atoms. The molecule has 3 aromatic carbocycles. The molecule has 0 saturated carbocycles. The van der Waals surface area contributed by atoms with Crippen molar-refractivity contribution in [1.82, 2.24) is 0 Å². The van der Waals surface area contributed by atoms with Gasteiger partial charge in [0, 0.05) is 17.3 Å². The topological polar surface area (TPSA) is 74.0 Å². The summed E-state index contributed by atoms with van der Waals surface area (Å²) in [5, 5.41) is 11.9. The van der Waals surface area contributed by atoms with Gasteiger partial charge < -0.3 is 9.47 Å². The van der Waals surface area contributed by atoms with Crippen LogP contribution in [0.4, 0.5) is 24.5 Å². The predicted molar refractivity (Wildman–Crippen MR) is 127 cm³/mol. The molecule has 0 atom stereocenters. The van der Waals surface area contributed by atoms with E-state index in [1.807, 2.05) is 35.6 Å². The lowest BCUT2D eigenvalue weighted by molar-refractivity contribution is -0.385. The van der Waals surface area contributed by atoms with Crippen molar-refractivity contribution in [3.05, 3.63) is 83.9 Å². The number of hydrogen-bond donors (Lipinski definition) is 0. The highest BCUT2D eigenvalue weighted by atomic mass is 127. The predicted octanol–water partition coefficient (Wildman–Crippen LogP) is 7.73. The second kappa shape index (κ2) is 9.96. The molecule has 0 aliphatic carbocycles. The lowest BCUT2D eigenvalue weighted by Crippen LogP contribution is -2.06. The van der Waals surface area contributed by atoms with Gasteiger partial charge in [-0.2, -0.15) is 13.2 Å². The van der Waals surface area contributed by atoms with E-state index in [-0.39, 0.29) is 17.2 Å². The Morgan fingerprint density at radius 3 is 2.45 bits per heavy atom. The van der Waals surface area contributed by atoms with Crippen LogP contribution in [0.15, 0.2) is 53.5 Å². The Morgan fingerprint density at radius 1 is 1.12 bits per heavy atom. The normalized spacial score (nSPS) is 11.6. The maximum absolute atomic E-state index is 12.9. The molecular weight excluding hydrogens is 576 g/mol. The Morgan fingerprint density at radius 2 is 1.85 bits per heavy atom. The van der Waals surface area contributed by atoms with Gasteiger partial charge in [-0.25, -0.2) is 0 Å². The fourth-order valence-electron chi connectivity index (χ4n) is 2.76. The third-order valence-electron chi connectivity index (χ3n) is 4.46. The second-order valence-electron chi connectivity index (χ2n) is 6.77. The molecule has 0 aliphatic rings. The fourth-order valence-corrected chi connectivity index (χ4v) is 3.67. The zero-order chi connectivity index (χ0) is 24.3. The van der Waals surface area contributed by atoms with Crippen LogP contribution in [-0.2, 0) is 6.18 Å². The monoisotopic (exact) mass is 590 g/mol. The summed E-state index contributed by atoms with van der Waals surface area (Å²) in [5.74, 6) is -0.00379.